The molecule has 0 aromatic carbocycles. The number of rotatable bonds is 2. The van der Waals surface area contributed by atoms with Gasteiger partial charge in [0, 0.05) is 12.5 Å². The number of hydrogen-bond donors (Lipinski definition) is 0. The molecule has 1 aromatic rings. The summed E-state index contributed by atoms with van der Waals surface area (Å²) in [4.78, 5) is 4.77. The zero-order valence-corrected chi connectivity index (χ0v) is 10.1. The molecule has 0 bridgehead atoms. The Labute approximate surface area is 91.5 Å². The van der Waals surface area contributed by atoms with Crippen LogP contribution in [0.4, 0.5) is 0 Å². The van der Waals surface area contributed by atoms with Crippen molar-refractivity contribution in [2.45, 2.75) is 52.7 Å². The summed E-state index contributed by atoms with van der Waals surface area (Å²) in [6.07, 6.45) is 0. The van der Waals surface area contributed by atoms with Gasteiger partial charge in [-0.1, -0.05) is 27.7 Å². The van der Waals surface area contributed by atoms with Gasteiger partial charge in [0.05, 0.1) is 24.6 Å². The first-order valence-electron chi connectivity index (χ1n) is 5.78. The molecule has 2 rings (SSSR count). The van der Waals surface area contributed by atoms with Gasteiger partial charge in [-0.3, -0.25) is 0 Å². The van der Waals surface area contributed by atoms with E-state index in [4.69, 9.17) is 9.72 Å². The molecule has 3 nitrogen and oxygen atoms in total. The van der Waals surface area contributed by atoms with E-state index in [0.717, 1.165) is 19.8 Å². The molecule has 2 heterocycles. The van der Waals surface area contributed by atoms with Gasteiger partial charge in [-0.25, -0.2) is 4.98 Å². The van der Waals surface area contributed by atoms with Crippen molar-refractivity contribution in [2.75, 3.05) is 6.61 Å². The second-order valence-electron chi connectivity index (χ2n) is 4.82. The highest BCUT2D eigenvalue weighted by Gasteiger charge is 2.22. The zero-order chi connectivity index (χ0) is 11.0. The van der Waals surface area contributed by atoms with E-state index in [-0.39, 0.29) is 0 Å². The van der Waals surface area contributed by atoms with Crippen LogP contribution in [0.2, 0.25) is 0 Å². The molecular formula is C12H20N2O. The Balaban J connectivity index is 2.49. The third-order valence-corrected chi connectivity index (χ3v) is 2.89. The minimum Gasteiger partial charge on any atom is -0.373 e. The Morgan fingerprint density at radius 3 is 2.53 bits per heavy atom. The van der Waals surface area contributed by atoms with Crippen molar-refractivity contribution in [1.29, 1.82) is 0 Å². The van der Waals surface area contributed by atoms with Crippen LogP contribution in [0.25, 0.3) is 0 Å². The fourth-order valence-electron chi connectivity index (χ4n) is 2.15. The maximum atomic E-state index is 5.52. The number of nitrogens with zero attached hydrogens (tertiary/aromatic N) is 2. The molecule has 0 fully saturated rings. The average molecular weight is 208 g/mol. The predicted molar refractivity (Wildman–Crippen MR) is 60.1 cm³/mol. The van der Waals surface area contributed by atoms with Gasteiger partial charge in [0.25, 0.3) is 0 Å². The molecule has 3 heteroatoms. The Hall–Kier alpha value is -0.830. The van der Waals surface area contributed by atoms with Crippen molar-refractivity contribution in [2.24, 2.45) is 0 Å². The Morgan fingerprint density at radius 2 is 1.93 bits per heavy atom. The third kappa shape index (κ3) is 1.81. The summed E-state index contributed by atoms with van der Waals surface area (Å²) >= 11 is 0. The van der Waals surface area contributed by atoms with Gasteiger partial charge in [0.1, 0.15) is 5.82 Å². The number of aromatic nitrogens is 2. The first-order chi connectivity index (χ1) is 7.11. The van der Waals surface area contributed by atoms with Crippen LogP contribution < -0.4 is 0 Å². The van der Waals surface area contributed by atoms with Crippen molar-refractivity contribution in [1.82, 2.24) is 9.55 Å². The molecule has 0 spiro atoms. The summed E-state index contributed by atoms with van der Waals surface area (Å²) in [7, 11) is 0. The van der Waals surface area contributed by atoms with Crippen LogP contribution in [-0.4, -0.2) is 16.2 Å². The third-order valence-electron chi connectivity index (χ3n) is 2.89. The summed E-state index contributed by atoms with van der Waals surface area (Å²) in [5, 5.41) is 0. The second kappa shape index (κ2) is 3.97. The van der Waals surface area contributed by atoms with E-state index in [1.165, 1.54) is 17.2 Å². The molecule has 0 amide bonds. The van der Waals surface area contributed by atoms with Gasteiger partial charge in [-0.15, -0.1) is 0 Å². The first-order valence-corrected chi connectivity index (χ1v) is 5.78. The summed E-state index contributed by atoms with van der Waals surface area (Å²) in [6, 6.07) is 0. The molecule has 15 heavy (non-hydrogen) atoms. The van der Waals surface area contributed by atoms with E-state index in [1.807, 2.05) is 0 Å². The van der Waals surface area contributed by atoms with E-state index in [9.17, 15) is 0 Å². The highest BCUT2D eigenvalue weighted by molar-refractivity contribution is 5.22. The monoisotopic (exact) mass is 208 g/mol. The van der Waals surface area contributed by atoms with Crippen molar-refractivity contribution >= 4 is 0 Å². The molecule has 0 radical (unpaired) electrons. The summed E-state index contributed by atoms with van der Waals surface area (Å²) < 4.78 is 7.87. The number of hydrogen-bond acceptors (Lipinski definition) is 2. The molecule has 0 saturated carbocycles. The van der Waals surface area contributed by atoms with Crippen LogP contribution in [0.1, 0.15) is 56.7 Å². The lowest BCUT2D eigenvalue weighted by molar-refractivity contribution is 0.0828. The SMILES string of the molecule is CC(C)c1nc(C(C)C)n2c1COCC2. The Bertz CT molecular complexity index is 320. The van der Waals surface area contributed by atoms with Crippen molar-refractivity contribution in [3.05, 3.63) is 17.2 Å². The lowest BCUT2D eigenvalue weighted by atomic mass is 10.1. The molecule has 1 aliphatic rings. The van der Waals surface area contributed by atoms with Crippen molar-refractivity contribution in [3.63, 3.8) is 0 Å². The van der Waals surface area contributed by atoms with E-state index in [2.05, 4.69) is 32.3 Å². The smallest absolute Gasteiger partial charge is 0.111 e. The fraction of sp³-hybridized carbons (Fsp3) is 0.750. The minimum absolute atomic E-state index is 0.487. The fourth-order valence-corrected chi connectivity index (χ4v) is 2.15. The average Bonchev–Trinajstić information content (AvgIpc) is 2.56. The summed E-state index contributed by atoms with van der Waals surface area (Å²) in [6.45, 7) is 11.3. The first kappa shape index (κ1) is 10.7. The highest BCUT2D eigenvalue weighted by Crippen LogP contribution is 2.26. The normalized spacial score (nSPS) is 16.1. The largest absolute Gasteiger partial charge is 0.373 e. The molecule has 0 unspecified atom stereocenters. The van der Waals surface area contributed by atoms with E-state index < -0.39 is 0 Å². The van der Waals surface area contributed by atoms with Crippen molar-refractivity contribution in [3.8, 4) is 0 Å². The van der Waals surface area contributed by atoms with Crippen LogP contribution in [0.3, 0.4) is 0 Å². The van der Waals surface area contributed by atoms with Gasteiger partial charge < -0.3 is 9.30 Å². The molecule has 0 aliphatic carbocycles. The lowest BCUT2D eigenvalue weighted by Gasteiger charge is -2.19. The van der Waals surface area contributed by atoms with Gasteiger partial charge in [0.2, 0.25) is 0 Å². The molecule has 0 atom stereocenters. The van der Waals surface area contributed by atoms with Gasteiger partial charge in [-0.2, -0.15) is 0 Å². The molecule has 1 aromatic heterocycles. The van der Waals surface area contributed by atoms with E-state index >= 15 is 0 Å². The second-order valence-corrected chi connectivity index (χ2v) is 4.82. The minimum atomic E-state index is 0.487. The Morgan fingerprint density at radius 1 is 1.20 bits per heavy atom. The van der Waals surface area contributed by atoms with Crippen LogP contribution >= 0.6 is 0 Å². The molecule has 1 aliphatic heterocycles. The predicted octanol–water partition coefficient (Wildman–Crippen LogP) is 2.66. The van der Waals surface area contributed by atoms with Crippen LogP contribution in [0.5, 0.6) is 0 Å². The Kier molecular flexibility index (Phi) is 2.83. The lowest BCUT2D eigenvalue weighted by Crippen LogP contribution is -2.19. The van der Waals surface area contributed by atoms with Crippen LogP contribution in [-0.2, 0) is 17.9 Å². The maximum Gasteiger partial charge on any atom is 0.111 e. The van der Waals surface area contributed by atoms with Crippen molar-refractivity contribution < 1.29 is 4.74 Å². The van der Waals surface area contributed by atoms with Gasteiger partial charge in [-0.05, 0) is 5.92 Å². The number of imidazole rings is 1. The van der Waals surface area contributed by atoms with Crippen LogP contribution in [0, 0.1) is 0 Å². The molecular weight excluding hydrogens is 188 g/mol. The topological polar surface area (TPSA) is 27.1 Å². The maximum absolute atomic E-state index is 5.52. The highest BCUT2D eigenvalue weighted by atomic mass is 16.5. The molecule has 0 saturated heterocycles. The number of fused-ring (bicyclic) bond motifs is 1. The van der Waals surface area contributed by atoms with Gasteiger partial charge in [0.15, 0.2) is 0 Å². The van der Waals surface area contributed by atoms with E-state index in [0.29, 0.717) is 11.8 Å². The summed E-state index contributed by atoms with van der Waals surface area (Å²) in [5.74, 6) is 2.20. The van der Waals surface area contributed by atoms with E-state index in [1.54, 1.807) is 0 Å². The quantitative estimate of drug-likeness (QED) is 0.747. The van der Waals surface area contributed by atoms with Gasteiger partial charge >= 0.3 is 0 Å². The standard InChI is InChI=1S/C12H20N2O/c1-8(2)11-10-7-15-6-5-14(10)12(13-11)9(3)4/h8-9H,5-7H2,1-4H3. The molecule has 0 N–H and O–H groups in total. The zero-order valence-electron chi connectivity index (χ0n) is 10.1. The number of ether oxygens (including phenoxy) is 1. The van der Waals surface area contributed by atoms with Crippen LogP contribution in [0.15, 0.2) is 0 Å². The molecule has 84 valence electrons. The summed E-state index contributed by atoms with van der Waals surface area (Å²) in [5.41, 5.74) is 2.51.